The fraction of sp³-hybridized carbons (Fsp3) is 0.316. The number of rotatable bonds is 7. The number of benzene rings is 1. The lowest BCUT2D eigenvalue weighted by Gasteiger charge is -2.11. The first-order valence-corrected chi connectivity index (χ1v) is 10.1. The summed E-state index contributed by atoms with van der Waals surface area (Å²) in [7, 11) is 0. The van der Waals surface area contributed by atoms with Crippen LogP contribution in [0.3, 0.4) is 0 Å². The molecule has 3 aromatic rings. The van der Waals surface area contributed by atoms with Crippen LogP contribution in [-0.2, 0) is 13.1 Å². The maximum atomic E-state index is 13.1. The van der Waals surface area contributed by atoms with Crippen molar-refractivity contribution in [3.63, 3.8) is 0 Å². The van der Waals surface area contributed by atoms with E-state index in [-0.39, 0.29) is 5.82 Å². The predicted octanol–water partition coefficient (Wildman–Crippen LogP) is 4.02. The van der Waals surface area contributed by atoms with E-state index in [0.29, 0.717) is 11.7 Å². The summed E-state index contributed by atoms with van der Waals surface area (Å²) in [4.78, 5) is 0. The molecule has 2 heterocycles. The van der Waals surface area contributed by atoms with Gasteiger partial charge in [0.2, 0.25) is 0 Å². The van der Waals surface area contributed by atoms with Crippen LogP contribution >= 0.6 is 28.1 Å². The summed E-state index contributed by atoms with van der Waals surface area (Å²) in [6.07, 6.45) is 4.62. The van der Waals surface area contributed by atoms with Gasteiger partial charge in [0.05, 0.1) is 34.3 Å². The Morgan fingerprint density at radius 1 is 1.25 bits per heavy atom. The van der Waals surface area contributed by atoms with Crippen molar-refractivity contribution >= 4 is 38.9 Å². The molecule has 3 rings (SSSR count). The Kier molecular flexibility index (Phi) is 6.79. The highest BCUT2D eigenvalue weighted by Crippen LogP contribution is 2.20. The van der Waals surface area contributed by atoms with Gasteiger partial charge in [-0.3, -0.25) is 9.36 Å². The minimum absolute atomic E-state index is 0.240. The van der Waals surface area contributed by atoms with Gasteiger partial charge in [0.15, 0.2) is 5.11 Å². The SMILES string of the molecule is Cc1nn(Cc2ccc(F)cc2)c(C)c1NC(=S)NCCCn1cc(Br)cn1. The van der Waals surface area contributed by atoms with Crippen molar-refractivity contribution in [1.82, 2.24) is 24.9 Å². The molecule has 0 spiro atoms. The lowest BCUT2D eigenvalue weighted by Crippen LogP contribution is -2.30. The van der Waals surface area contributed by atoms with E-state index in [0.717, 1.165) is 46.6 Å². The second-order valence-electron chi connectivity index (χ2n) is 6.49. The molecule has 0 aliphatic carbocycles. The molecule has 6 nitrogen and oxygen atoms in total. The van der Waals surface area contributed by atoms with Crippen LogP contribution in [0.1, 0.15) is 23.4 Å². The van der Waals surface area contributed by atoms with Gasteiger partial charge in [-0.15, -0.1) is 0 Å². The maximum Gasteiger partial charge on any atom is 0.170 e. The highest BCUT2D eigenvalue weighted by molar-refractivity contribution is 9.10. The lowest BCUT2D eigenvalue weighted by molar-refractivity contribution is 0.573. The molecule has 0 atom stereocenters. The zero-order valence-electron chi connectivity index (χ0n) is 15.7. The molecule has 0 aliphatic heterocycles. The molecule has 148 valence electrons. The number of nitrogens with zero attached hydrogens (tertiary/aromatic N) is 4. The molecule has 0 fully saturated rings. The van der Waals surface area contributed by atoms with Crippen molar-refractivity contribution in [3.8, 4) is 0 Å². The third kappa shape index (κ3) is 5.39. The van der Waals surface area contributed by atoms with E-state index in [1.54, 1.807) is 18.3 Å². The summed E-state index contributed by atoms with van der Waals surface area (Å²) in [5.41, 5.74) is 3.73. The Morgan fingerprint density at radius 2 is 2.00 bits per heavy atom. The summed E-state index contributed by atoms with van der Waals surface area (Å²) < 4.78 is 17.8. The number of hydrogen-bond acceptors (Lipinski definition) is 3. The first-order valence-electron chi connectivity index (χ1n) is 8.93. The maximum absolute atomic E-state index is 13.1. The lowest BCUT2D eigenvalue weighted by atomic mass is 10.2. The van der Waals surface area contributed by atoms with Gasteiger partial charge in [-0.1, -0.05) is 12.1 Å². The molecular formula is C19H22BrFN6S. The number of halogens is 2. The van der Waals surface area contributed by atoms with Crippen LogP contribution in [-0.4, -0.2) is 31.2 Å². The summed E-state index contributed by atoms with van der Waals surface area (Å²) in [5.74, 6) is -0.240. The number of aryl methyl sites for hydroxylation is 2. The molecule has 0 radical (unpaired) electrons. The minimum atomic E-state index is -0.240. The second-order valence-corrected chi connectivity index (χ2v) is 7.81. The van der Waals surface area contributed by atoms with Gasteiger partial charge in [0.25, 0.3) is 0 Å². The zero-order valence-corrected chi connectivity index (χ0v) is 18.1. The Balaban J connectivity index is 1.52. The number of nitrogens with one attached hydrogen (secondary N) is 2. The molecular weight excluding hydrogens is 443 g/mol. The molecule has 2 N–H and O–H groups in total. The average Bonchev–Trinajstić information content (AvgIpc) is 3.19. The highest BCUT2D eigenvalue weighted by atomic mass is 79.9. The van der Waals surface area contributed by atoms with Gasteiger partial charge in [0, 0.05) is 19.3 Å². The van der Waals surface area contributed by atoms with Gasteiger partial charge in [0.1, 0.15) is 5.82 Å². The van der Waals surface area contributed by atoms with E-state index >= 15 is 0 Å². The van der Waals surface area contributed by atoms with Crippen LogP contribution in [0.5, 0.6) is 0 Å². The second kappa shape index (κ2) is 9.29. The highest BCUT2D eigenvalue weighted by Gasteiger charge is 2.13. The van der Waals surface area contributed by atoms with Gasteiger partial charge >= 0.3 is 0 Å². The Hall–Kier alpha value is -2.26. The van der Waals surface area contributed by atoms with E-state index in [1.807, 2.05) is 29.4 Å². The fourth-order valence-electron chi connectivity index (χ4n) is 2.86. The summed E-state index contributed by atoms with van der Waals surface area (Å²) in [6.45, 7) is 6.06. The molecule has 2 aromatic heterocycles. The molecule has 1 aromatic carbocycles. The Morgan fingerprint density at radius 3 is 2.68 bits per heavy atom. The van der Waals surface area contributed by atoms with E-state index in [4.69, 9.17) is 12.2 Å². The van der Waals surface area contributed by atoms with Crippen molar-refractivity contribution in [1.29, 1.82) is 0 Å². The van der Waals surface area contributed by atoms with Crippen molar-refractivity contribution in [2.45, 2.75) is 33.4 Å². The summed E-state index contributed by atoms with van der Waals surface area (Å²) in [5, 5.41) is 15.8. The minimum Gasteiger partial charge on any atom is -0.362 e. The van der Waals surface area contributed by atoms with Crippen molar-refractivity contribution in [2.75, 3.05) is 11.9 Å². The van der Waals surface area contributed by atoms with Gasteiger partial charge < -0.3 is 10.6 Å². The number of hydrogen-bond donors (Lipinski definition) is 2. The molecule has 0 saturated carbocycles. The predicted molar refractivity (Wildman–Crippen MR) is 116 cm³/mol. The molecule has 9 heteroatoms. The summed E-state index contributed by atoms with van der Waals surface area (Å²) in [6, 6.07) is 6.45. The van der Waals surface area contributed by atoms with Crippen LogP contribution < -0.4 is 10.6 Å². The summed E-state index contributed by atoms with van der Waals surface area (Å²) >= 11 is 8.80. The first kappa shape index (κ1) is 20.5. The fourth-order valence-corrected chi connectivity index (χ4v) is 3.39. The molecule has 0 bridgehead atoms. The van der Waals surface area contributed by atoms with E-state index in [2.05, 4.69) is 36.8 Å². The smallest absolute Gasteiger partial charge is 0.170 e. The molecule has 28 heavy (non-hydrogen) atoms. The van der Waals surface area contributed by atoms with Crippen LogP contribution in [0.15, 0.2) is 41.1 Å². The third-order valence-corrected chi connectivity index (χ3v) is 4.97. The molecule has 0 amide bonds. The van der Waals surface area contributed by atoms with Crippen LogP contribution in [0.4, 0.5) is 10.1 Å². The van der Waals surface area contributed by atoms with E-state index in [9.17, 15) is 4.39 Å². The van der Waals surface area contributed by atoms with Crippen molar-refractivity contribution in [3.05, 3.63) is 63.9 Å². The van der Waals surface area contributed by atoms with E-state index < -0.39 is 0 Å². The van der Waals surface area contributed by atoms with Gasteiger partial charge in [-0.05, 0) is 66.1 Å². The van der Waals surface area contributed by atoms with Crippen LogP contribution in [0, 0.1) is 19.7 Å². The number of aromatic nitrogens is 4. The quantitative estimate of drug-likeness (QED) is 0.408. The van der Waals surface area contributed by atoms with Crippen LogP contribution in [0.2, 0.25) is 0 Å². The molecule has 0 saturated heterocycles. The topological polar surface area (TPSA) is 59.7 Å². The average molecular weight is 465 g/mol. The standard InChI is InChI=1S/C19H22BrFN6S/c1-13-18(14(2)27(25-13)11-15-4-6-17(21)7-5-15)24-19(28)22-8-3-9-26-12-16(20)10-23-26/h4-7,10,12H,3,8-9,11H2,1-2H3,(H2,22,24,28). The van der Waals surface area contributed by atoms with Crippen LogP contribution in [0.25, 0.3) is 0 Å². The normalized spacial score (nSPS) is 10.9. The first-order chi connectivity index (χ1) is 13.4. The number of thiocarbonyl (C=S) groups is 1. The van der Waals surface area contributed by atoms with E-state index in [1.165, 1.54) is 12.1 Å². The van der Waals surface area contributed by atoms with Gasteiger partial charge in [-0.2, -0.15) is 10.2 Å². The largest absolute Gasteiger partial charge is 0.362 e. The monoisotopic (exact) mass is 464 g/mol. The van der Waals surface area contributed by atoms with Gasteiger partial charge in [-0.25, -0.2) is 4.39 Å². The Bertz CT molecular complexity index is 950. The van der Waals surface area contributed by atoms with Crippen molar-refractivity contribution < 1.29 is 4.39 Å². The number of anilines is 1. The molecule has 0 unspecified atom stereocenters. The zero-order chi connectivity index (χ0) is 20.1. The Labute approximate surface area is 177 Å². The van der Waals surface area contributed by atoms with Crippen molar-refractivity contribution in [2.24, 2.45) is 0 Å². The molecule has 0 aliphatic rings. The third-order valence-electron chi connectivity index (χ3n) is 4.32.